The predicted molar refractivity (Wildman–Crippen MR) is 113 cm³/mol. The van der Waals surface area contributed by atoms with Gasteiger partial charge in [0.2, 0.25) is 0 Å². The lowest BCUT2D eigenvalue weighted by atomic mass is 9.76. The Balaban J connectivity index is 2.19. The molecule has 0 saturated carbocycles. The van der Waals surface area contributed by atoms with Crippen molar-refractivity contribution in [2.75, 3.05) is 0 Å². The van der Waals surface area contributed by atoms with Crippen molar-refractivity contribution in [3.05, 3.63) is 0 Å². The Morgan fingerprint density at radius 2 is 1.69 bits per heavy atom. The fourth-order valence-electron chi connectivity index (χ4n) is 5.34. The van der Waals surface area contributed by atoms with Gasteiger partial charge in [-0.15, -0.1) is 0 Å². The Morgan fingerprint density at radius 3 is 2.31 bits per heavy atom. The smallest absolute Gasteiger partial charge is 0.309 e. The van der Waals surface area contributed by atoms with Crippen molar-refractivity contribution >= 4 is 11.9 Å². The average Bonchev–Trinajstić information content (AvgIpc) is 2.64. The van der Waals surface area contributed by atoms with Gasteiger partial charge in [0.15, 0.2) is 0 Å². The minimum Gasteiger partial charge on any atom is -0.462 e. The summed E-state index contributed by atoms with van der Waals surface area (Å²) in [5, 5.41) is 10.6. The summed E-state index contributed by atoms with van der Waals surface area (Å²) in [5.74, 6) is -0.290. The van der Waals surface area contributed by atoms with Gasteiger partial charge < -0.3 is 14.6 Å². The van der Waals surface area contributed by atoms with Crippen LogP contribution in [0.15, 0.2) is 0 Å². The molecule has 168 valence electrons. The summed E-state index contributed by atoms with van der Waals surface area (Å²) in [6.45, 7) is 8.08. The third kappa shape index (κ3) is 6.97. The maximum absolute atomic E-state index is 12.7. The molecule has 5 nitrogen and oxygen atoms in total. The normalized spacial score (nSPS) is 38.2. The number of rotatable bonds is 3. The van der Waals surface area contributed by atoms with E-state index >= 15 is 0 Å². The fourth-order valence-corrected chi connectivity index (χ4v) is 5.34. The molecule has 5 heteroatoms. The molecule has 0 spiro atoms. The first-order chi connectivity index (χ1) is 13.7. The van der Waals surface area contributed by atoms with Crippen LogP contribution in [0.1, 0.15) is 111 Å². The maximum atomic E-state index is 12.7. The number of carbonyl (C=O) groups is 2. The lowest BCUT2D eigenvalue weighted by Crippen LogP contribution is -2.48. The molecule has 3 saturated heterocycles. The van der Waals surface area contributed by atoms with E-state index in [2.05, 4.69) is 13.8 Å². The van der Waals surface area contributed by atoms with E-state index in [1.165, 1.54) is 0 Å². The minimum atomic E-state index is -0.708. The van der Waals surface area contributed by atoms with Crippen LogP contribution in [0, 0.1) is 11.8 Å². The van der Waals surface area contributed by atoms with Crippen LogP contribution in [-0.4, -0.2) is 34.4 Å². The van der Waals surface area contributed by atoms with E-state index in [-0.39, 0.29) is 29.9 Å². The summed E-state index contributed by atoms with van der Waals surface area (Å²) in [6.07, 6.45) is 10.0. The van der Waals surface area contributed by atoms with Gasteiger partial charge in [-0.1, -0.05) is 39.5 Å². The molecule has 2 bridgehead atoms. The summed E-state index contributed by atoms with van der Waals surface area (Å²) >= 11 is 0. The molecular weight excluding hydrogens is 368 g/mol. The monoisotopic (exact) mass is 410 g/mol. The molecule has 5 atom stereocenters. The Bertz CT molecular complexity index is 543. The Morgan fingerprint density at radius 1 is 1.00 bits per heavy atom. The van der Waals surface area contributed by atoms with Crippen LogP contribution in [0.2, 0.25) is 0 Å². The molecule has 0 aromatic heterocycles. The lowest BCUT2D eigenvalue weighted by Gasteiger charge is -2.42. The van der Waals surface area contributed by atoms with Crippen LogP contribution in [0.25, 0.3) is 0 Å². The number of hydrogen-bond donors (Lipinski definition) is 1. The topological polar surface area (TPSA) is 72.8 Å². The van der Waals surface area contributed by atoms with Gasteiger partial charge in [0.05, 0.1) is 11.5 Å². The van der Waals surface area contributed by atoms with Gasteiger partial charge in [-0.05, 0) is 65.2 Å². The number of carbonyl (C=O) groups excluding carboxylic acids is 2. The molecular formula is C24H42O5. The van der Waals surface area contributed by atoms with E-state index < -0.39 is 11.2 Å². The first kappa shape index (κ1) is 24.2. The standard InChI is InChI=1S/C24H42O5/c1-5-15-24(4)19(6-2)20-14-13-18(22(26)28-20)11-7-9-16-23(3,27)17-10-8-12-21(25)29-24/h18-20,27H,5-17H2,1-4H3/t18-,19-,20?,23-,24+/m1/s1. The van der Waals surface area contributed by atoms with Crippen molar-refractivity contribution in [3.8, 4) is 0 Å². The van der Waals surface area contributed by atoms with Gasteiger partial charge in [0, 0.05) is 12.3 Å². The van der Waals surface area contributed by atoms with Crippen LogP contribution in [0.5, 0.6) is 0 Å². The molecule has 3 rings (SSSR count). The number of esters is 2. The molecule has 0 aliphatic carbocycles. The minimum absolute atomic E-state index is 0.0210. The van der Waals surface area contributed by atoms with Crippen molar-refractivity contribution in [3.63, 3.8) is 0 Å². The number of ether oxygens (including phenoxy) is 2. The van der Waals surface area contributed by atoms with E-state index in [1.807, 2.05) is 13.8 Å². The summed E-state index contributed by atoms with van der Waals surface area (Å²) in [5.41, 5.74) is -1.32. The maximum Gasteiger partial charge on any atom is 0.309 e. The molecule has 3 aliphatic rings. The lowest BCUT2D eigenvalue weighted by molar-refractivity contribution is -0.184. The van der Waals surface area contributed by atoms with E-state index in [0.717, 1.165) is 70.6 Å². The van der Waals surface area contributed by atoms with E-state index in [4.69, 9.17) is 9.47 Å². The fraction of sp³-hybridized carbons (Fsp3) is 0.917. The Kier molecular flexibility index (Phi) is 8.99. The zero-order valence-corrected chi connectivity index (χ0v) is 19.0. The molecule has 0 aromatic carbocycles. The zero-order chi connectivity index (χ0) is 21.5. The molecule has 3 heterocycles. The highest BCUT2D eigenvalue weighted by molar-refractivity contribution is 5.73. The van der Waals surface area contributed by atoms with E-state index in [9.17, 15) is 14.7 Å². The second-order valence-electron chi connectivity index (χ2n) is 9.75. The summed E-state index contributed by atoms with van der Waals surface area (Å²) in [6, 6.07) is 0. The molecule has 0 amide bonds. The highest BCUT2D eigenvalue weighted by atomic mass is 16.6. The largest absolute Gasteiger partial charge is 0.462 e. The predicted octanol–water partition coefficient (Wildman–Crippen LogP) is 5.32. The van der Waals surface area contributed by atoms with Crippen molar-refractivity contribution in [2.45, 2.75) is 128 Å². The van der Waals surface area contributed by atoms with Gasteiger partial charge in [-0.2, -0.15) is 0 Å². The molecule has 3 aliphatic heterocycles. The second kappa shape index (κ2) is 10.8. The number of fused-ring (bicyclic) bond motifs is 14. The highest BCUT2D eigenvalue weighted by Gasteiger charge is 2.44. The van der Waals surface area contributed by atoms with Crippen LogP contribution < -0.4 is 0 Å². The quantitative estimate of drug-likeness (QED) is 0.637. The summed E-state index contributed by atoms with van der Waals surface area (Å²) < 4.78 is 12.0. The molecule has 29 heavy (non-hydrogen) atoms. The van der Waals surface area contributed by atoms with Gasteiger partial charge in [-0.25, -0.2) is 0 Å². The molecule has 0 aromatic rings. The molecule has 0 radical (unpaired) electrons. The van der Waals surface area contributed by atoms with Crippen molar-refractivity contribution in [1.82, 2.24) is 0 Å². The van der Waals surface area contributed by atoms with Crippen LogP contribution in [0.4, 0.5) is 0 Å². The van der Waals surface area contributed by atoms with E-state index in [1.54, 1.807) is 0 Å². The second-order valence-corrected chi connectivity index (χ2v) is 9.75. The molecule has 1 N–H and O–H groups in total. The highest BCUT2D eigenvalue weighted by Crippen LogP contribution is 2.39. The van der Waals surface area contributed by atoms with Crippen LogP contribution in [-0.2, 0) is 19.1 Å². The zero-order valence-electron chi connectivity index (χ0n) is 19.0. The third-order valence-electron chi connectivity index (χ3n) is 7.03. The summed E-state index contributed by atoms with van der Waals surface area (Å²) in [7, 11) is 0. The van der Waals surface area contributed by atoms with Crippen LogP contribution in [0.3, 0.4) is 0 Å². The van der Waals surface area contributed by atoms with Gasteiger partial charge in [-0.3, -0.25) is 9.59 Å². The van der Waals surface area contributed by atoms with Crippen molar-refractivity contribution < 1.29 is 24.2 Å². The third-order valence-corrected chi connectivity index (χ3v) is 7.03. The summed E-state index contributed by atoms with van der Waals surface area (Å²) in [4.78, 5) is 25.3. The van der Waals surface area contributed by atoms with Gasteiger partial charge in [0.1, 0.15) is 11.7 Å². The van der Waals surface area contributed by atoms with Crippen LogP contribution >= 0.6 is 0 Å². The Labute approximate surface area is 176 Å². The number of hydrogen-bond acceptors (Lipinski definition) is 5. The van der Waals surface area contributed by atoms with Crippen molar-refractivity contribution in [2.24, 2.45) is 11.8 Å². The SMILES string of the molecule is CCC[C@]1(C)OC(=O)CCCC[C@](C)(O)CCCC[C@@H]2CCC(OC2=O)[C@H]1CC. The Hall–Kier alpha value is -1.10. The molecule has 3 fully saturated rings. The molecule has 1 unspecified atom stereocenters. The average molecular weight is 411 g/mol. The van der Waals surface area contributed by atoms with Gasteiger partial charge in [0.25, 0.3) is 0 Å². The number of aliphatic hydroxyl groups is 1. The van der Waals surface area contributed by atoms with Crippen molar-refractivity contribution in [1.29, 1.82) is 0 Å². The van der Waals surface area contributed by atoms with Gasteiger partial charge >= 0.3 is 11.9 Å². The first-order valence-corrected chi connectivity index (χ1v) is 11.9. The van der Waals surface area contributed by atoms with E-state index in [0.29, 0.717) is 12.8 Å². The first-order valence-electron chi connectivity index (χ1n) is 11.9.